The van der Waals surface area contributed by atoms with E-state index in [1.807, 2.05) is 0 Å². The summed E-state index contributed by atoms with van der Waals surface area (Å²) in [5.41, 5.74) is 6.59. The molecular weight excluding hydrogens is 1020 g/mol. The molecule has 0 spiro atoms. The van der Waals surface area contributed by atoms with Crippen LogP contribution in [-0.4, -0.2) is 181 Å². The number of nitrogens with one attached hydrogen (secondary N) is 8. The third kappa shape index (κ3) is 22.8. The van der Waals surface area contributed by atoms with Gasteiger partial charge in [0.15, 0.2) is 0 Å². The van der Waals surface area contributed by atoms with E-state index in [2.05, 4.69) is 42.5 Å². The predicted octanol–water partition coefficient (Wildman–Crippen LogP) is -2.41. The topological polar surface area (TPSA) is 414 Å². The van der Waals surface area contributed by atoms with Gasteiger partial charge < -0.3 is 78.9 Å². The summed E-state index contributed by atoms with van der Waals surface area (Å²) in [7, 11) is 0. The lowest BCUT2D eigenvalue weighted by Gasteiger charge is -2.29. The van der Waals surface area contributed by atoms with Crippen molar-refractivity contribution in [1.82, 2.24) is 42.5 Å². The number of carboxylic acid groups (broad SMARTS) is 2. The summed E-state index contributed by atoms with van der Waals surface area (Å²) in [4.78, 5) is 132. The third-order valence-electron chi connectivity index (χ3n) is 11.7. The standard InChI is InChI=1S/C48H71N9O16S2/c1-6-25(2)39(57-43(67)33(17-19-74-4)52-45(69)36(54-41(65)31(49)23-58)22-28-9-13-30(61)14-10-28)47(71)56-37(24-59)46(70)55-35(21-27-7-11-29(60)12-8-27)44(68)50-26(3)40(64)51-32(15-16-38(62)63)42(66)53-34(48(72)73)18-20-75-5/h7-14,25-26,31-37,39,58-61H,6,15-24,49H2,1-5H3,(H,50,68)(H,51,64)(H,52,69)(H,53,66)(H,54,65)(H,55,70)(H,56,71)(H,57,67)(H,62,63)(H,72,73)/t25-,26-,31-,32-,33-,34-,35-,36-,37-,39-/m0/s1. The van der Waals surface area contributed by atoms with Gasteiger partial charge in [0.1, 0.15) is 65.9 Å². The van der Waals surface area contributed by atoms with Gasteiger partial charge in [-0.3, -0.25) is 43.2 Å². The summed E-state index contributed by atoms with van der Waals surface area (Å²) in [6.45, 7) is 2.81. The number of thioether (sulfide) groups is 2. The highest BCUT2D eigenvalue weighted by Crippen LogP contribution is 2.15. The Morgan fingerprint density at radius 1 is 0.507 bits per heavy atom. The maximum Gasteiger partial charge on any atom is 0.326 e. The molecule has 25 nitrogen and oxygen atoms in total. The van der Waals surface area contributed by atoms with Crippen molar-refractivity contribution < 1.29 is 78.6 Å². The van der Waals surface area contributed by atoms with Crippen LogP contribution in [0.15, 0.2) is 48.5 Å². The molecule has 0 bridgehead atoms. The molecule has 10 atom stereocenters. The maximum absolute atomic E-state index is 14.0. The number of carbonyl (C=O) groups excluding carboxylic acids is 8. The first-order chi connectivity index (χ1) is 35.5. The van der Waals surface area contributed by atoms with Gasteiger partial charge in [-0.25, -0.2) is 4.79 Å². The van der Waals surface area contributed by atoms with E-state index in [4.69, 9.17) is 5.73 Å². The predicted molar refractivity (Wildman–Crippen MR) is 277 cm³/mol. The lowest BCUT2D eigenvalue weighted by molar-refractivity contribution is -0.143. The second-order valence-corrected chi connectivity index (χ2v) is 19.5. The number of aromatic hydroxyl groups is 2. The van der Waals surface area contributed by atoms with Crippen molar-refractivity contribution in [3.8, 4) is 11.5 Å². The van der Waals surface area contributed by atoms with Gasteiger partial charge in [-0.05, 0) is 91.5 Å². The number of rotatable bonds is 34. The molecule has 8 amide bonds. The SMILES string of the molecule is CC[C@H](C)[C@H](NC(=O)[C@H](CCSC)NC(=O)[C@H](Cc1ccc(O)cc1)NC(=O)[C@@H](N)CO)C(=O)N[C@@H](CO)C(=O)N[C@@H](Cc1ccc(O)cc1)C(=O)N[C@@H](C)C(=O)N[C@@H](CCC(=O)O)C(=O)N[C@@H](CCSC)C(=O)O. The van der Waals surface area contributed by atoms with Crippen molar-refractivity contribution in [2.24, 2.45) is 11.7 Å². The number of hydrogen-bond donors (Lipinski definition) is 15. The Labute approximate surface area is 442 Å². The van der Waals surface area contributed by atoms with Gasteiger partial charge in [-0.2, -0.15) is 23.5 Å². The Morgan fingerprint density at radius 3 is 1.37 bits per heavy atom. The molecule has 0 saturated carbocycles. The van der Waals surface area contributed by atoms with Gasteiger partial charge >= 0.3 is 11.9 Å². The quantitative estimate of drug-likeness (QED) is 0.0347. The number of phenols is 2. The van der Waals surface area contributed by atoms with E-state index in [9.17, 15) is 78.6 Å². The minimum atomic E-state index is -1.75. The van der Waals surface area contributed by atoms with E-state index < -0.39 is 146 Å². The summed E-state index contributed by atoms with van der Waals surface area (Å²) in [5.74, 6) is -10.3. The average Bonchev–Trinajstić information content (AvgIpc) is 3.37. The molecule has 0 aliphatic carbocycles. The number of hydrogen-bond acceptors (Lipinski definition) is 17. The zero-order valence-electron chi connectivity index (χ0n) is 42.3. The Hall–Kier alpha value is -6.68. The average molecular weight is 1090 g/mol. The Kier molecular flexibility index (Phi) is 28.6. The van der Waals surface area contributed by atoms with Crippen LogP contribution in [0.3, 0.4) is 0 Å². The van der Waals surface area contributed by atoms with Crippen LogP contribution in [0.4, 0.5) is 0 Å². The molecule has 2 aromatic carbocycles. The van der Waals surface area contributed by atoms with Crippen LogP contribution in [0.5, 0.6) is 11.5 Å². The van der Waals surface area contributed by atoms with Crippen molar-refractivity contribution in [2.75, 3.05) is 37.2 Å². The smallest absolute Gasteiger partial charge is 0.326 e. The van der Waals surface area contributed by atoms with Gasteiger partial charge in [-0.1, -0.05) is 44.5 Å². The number of benzene rings is 2. The highest BCUT2D eigenvalue weighted by Gasteiger charge is 2.36. The number of amides is 8. The molecule has 0 heterocycles. The minimum absolute atomic E-state index is 0.0262. The van der Waals surface area contributed by atoms with Crippen molar-refractivity contribution in [1.29, 1.82) is 0 Å². The number of nitrogens with two attached hydrogens (primary N) is 1. The van der Waals surface area contributed by atoms with Crippen LogP contribution in [0.25, 0.3) is 0 Å². The molecule has 16 N–H and O–H groups in total. The monoisotopic (exact) mass is 1090 g/mol. The van der Waals surface area contributed by atoms with Gasteiger partial charge in [0.25, 0.3) is 0 Å². The summed E-state index contributed by atoms with van der Waals surface area (Å²) < 4.78 is 0. The second kappa shape index (κ2) is 33.3. The van der Waals surface area contributed by atoms with Crippen molar-refractivity contribution >= 4 is 82.7 Å². The fourth-order valence-corrected chi connectivity index (χ4v) is 7.90. The second-order valence-electron chi connectivity index (χ2n) is 17.5. The molecule has 0 unspecified atom stereocenters. The Morgan fingerprint density at radius 2 is 0.907 bits per heavy atom. The van der Waals surface area contributed by atoms with E-state index in [1.165, 1.54) is 79.0 Å². The molecule has 2 aromatic rings. The van der Waals surface area contributed by atoms with Gasteiger partial charge in [-0.15, -0.1) is 0 Å². The van der Waals surface area contributed by atoms with E-state index in [1.54, 1.807) is 26.4 Å². The van der Waals surface area contributed by atoms with Crippen LogP contribution in [-0.2, 0) is 60.8 Å². The molecule has 0 aromatic heterocycles. The summed E-state index contributed by atoms with van der Waals surface area (Å²) in [6, 6.07) is -1.77. The normalized spacial score (nSPS) is 15.0. The van der Waals surface area contributed by atoms with Gasteiger partial charge in [0, 0.05) is 19.3 Å². The molecular formula is C48H71N9O16S2. The first-order valence-corrected chi connectivity index (χ1v) is 26.7. The zero-order chi connectivity index (χ0) is 56.4. The number of carbonyl (C=O) groups is 10. The number of carboxylic acids is 2. The van der Waals surface area contributed by atoms with Crippen molar-refractivity contribution in [3.63, 3.8) is 0 Å². The molecule has 0 radical (unpaired) electrons. The highest BCUT2D eigenvalue weighted by molar-refractivity contribution is 7.98. The first-order valence-electron chi connectivity index (χ1n) is 23.9. The lowest BCUT2D eigenvalue weighted by Crippen LogP contribution is -2.62. The number of aliphatic hydroxyl groups is 2. The summed E-state index contributed by atoms with van der Waals surface area (Å²) in [6.07, 6.45) is 2.42. The van der Waals surface area contributed by atoms with Crippen LogP contribution in [0, 0.1) is 5.92 Å². The molecule has 75 heavy (non-hydrogen) atoms. The largest absolute Gasteiger partial charge is 0.508 e. The Bertz CT molecular complexity index is 2240. The lowest BCUT2D eigenvalue weighted by atomic mass is 9.97. The van der Waals surface area contributed by atoms with Crippen LogP contribution in [0.1, 0.15) is 64.0 Å². The van der Waals surface area contributed by atoms with Crippen LogP contribution < -0.4 is 48.3 Å². The van der Waals surface area contributed by atoms with Gasteiger partial charge in [0.2, 0.25) is 47.3 Å². The molecule has 27 heteroatoms. The van der Waals surface area contributed by atoms with Crippen LogP contribution >= 0.6 is 23.5 Å². The summed E-state index contributed by atoms with van der Waals surface area (Å²) in [5, 5.41) is 78.1. The van der Waals surface area contributed by atoms with E-state index >= 15 is 0 Å². The number of aliphatic hydroxyl groups excluding tert-OH is 2. The molecule has 0 aliphatic rings. The molecule has 416 valence electrons. The fraction of sp³-hybridized carbons (Fsp3) is 0.542. The van der Waals surface area contributed by atoms with Crippen molar-refractivity contribution in [3.05, 3.63) is 59.7 Å². The Balaban J connectivity index is 2.36. The number of phenolic OH excluding ortho intramolecular Hbond substituents is 2. The maximum atomic E-state index is 14.0. The third-order valence-corrected chi connectivity index (χ3v) is 12.9. The number of aliphatic carboxylic acids is 2. The molecule has 0 aliphatic heterocycles. The molecule has 2 rings (SSSR count). The zero-order valence-corrected chi connectivity index (χ0v) is 44.0. The van der Waals surface area contributed by atoms with Crippen LogP contribution in [0.2, 0.25) is 0 Å². The van der Waals surface area contributed by atoms with Crippen molar-refractivity contribution in [2.45, 2.75) is 120 Å². The van der Waals surface area contributed by atoms with E-state index in [0.717, 1.165) is 0 Å². The first kappa shape index (κ1) is 64.4. The van der Waals surface area contributed by atoms with E-state index in [-0.39, 0.29) is 37.2 Å². The van der Waals surface area contributed by atoms with Gasteiger partial charge in [0.05, 0.1) is 13.2 Å². The molecule has 0 fully saturated rings. The highest BCUT2D eigenvalue weighted by atomic mass is 32.2. The van der Waals surface area contributed by atoms with E-state index in [0.29, 0.717) is 29.1 Å². The molecule has 0 saturated heterocycles. The fourth-order valence-electron chi connectivity index (χ4n) is 6.95. The minimum Gasteiger partial charge on any atom is -0.508 e. The summed E-state index contributed by atoms with van der Waals surface area (Å²) >= 11 is 2.67.